The zero-order valence-electron chi connectivity index (χ0n) is 14.0. The Bertz CT molecular complexity index is 1120. The standard InChI is InChI=1S/C22H16O4/c23-15-10-6-12-17-19(15)18(13-7-2-1-3-8-13)20-21(25-17)14-9-4-5-11-16(14)26-22(20)24/h1-5,7-9,11,18H,6,10,12H2/t18-/m0/s1. The van der Waals surface area contributed by atoms with Crippen LogP contribution in [0.15, 0.2) is 75.1 Å². The second-order valence-electron chi connectivity index (χ2n) is 6.69. The van der Waals surface area contributed by atoms with E-state index in [1.54, 1.807) is 6.07 Å². The van der Waals surface area contributed by atoms with Crippen LogP contribution in [0, 0.1) is 0 Å². The number of rotatable bonds is 1. The first-order valence-electron chi connectivity index (χ1n) is 8.79. The third kappa shape index (κ3) is 2.15. The average Bonchev–Trinajstić information content (AvgIpc) is 2.67. The lowest BCUT2D eigenvalue weighted by Gasteiger charge is -2.32. The Labute approximate surface area is 149 Å². The highest BCUT2D eigenvalue weighted by Gasteiger charge is 2.39. The molecule has 0 bridgehead atoms. The lowest BCUT2D eigenvalue weighted by molar-refractivity contribution is -0.116. The van der Waals surface area contributed by atoms with Crippen LogP contribution in [0.4, 0.5) is 0 Å². The lowest BCUT2D eigenvalue weighted by Crippen LogP contribution is -2.29. The quantitative estimate of drug-likeness (QED) is 0.617. The van der Waals surface area contributed by atoms with E-state index >= 15 is 0 Å². The molecule has 3 aromatic rings. The molecule has 0 N–H and O–H groups in total. The molecule has 128 valence electrons. The van der Waals surface area contributed by atoms with Gasteiger partial charge in [0.15, 0.2) is 5.78 Å². The van der Waals surface area contributed by atoms with Gasteiger partial charge in [0.1, 0.15) is 17.1 Å². The fourth-order valence-corrected chi connectivity index (χ4v) is 4.00. The van der Waals surface area contributed by atoms with Crippen molar-refractivity contribution in [2.75, 3.05) is 0 Å². The molecule has 1 aliphatic heterocycles. The van der Waals surface area contributed by atoms with Crippen LogP contribution in [0.3, 0.4) is 0 Å². The second kappa shape index (κ2) is 5.70. The molecule has 0 radical (unpaired) electrons. The van der Waals surface area contributed by atoms with Crippen LogP contribution >= 0.6 is 0 Å². The number of carbonyl (C=O) groups excluding carboxylic acids is 1. The molecule has 0 saturated carbocycles. The smallest absolute Gasteiger partial charge is 0.344 e. The SMILES string of the molecule is O=C1CCCC2=C1[C@H](c1ccccc1)c1c(c3ccccc3oc1=O)O2. The first-order valence-corrected chi connectivity index (χ1v) is 8.79. The summed E-state index contributed by atoms with van der Waals surface area (Å²) in [5.74, 6) is 0.833. The summed E-state index contributed by atoms with van der Waals surface area (Å²) in [5, 5.41) is 0.757. The summed E-state index contributed by atoms with van der Waals surface area (Å²) in [6.07, 6.45) is 1.96. The Morgan fingerprint density at radius 1 is 0.885 bits per heavy atom. The molecule has 0 saturated heterocycles. The van der Waals surface area contributed by atoms with E-state index in [9.17, 15) is 9.59 Å². The van der Waals surface area contributed by atoms with Gasteiger partial charge in [0.05, 0.1) is 16.9 Å². The number of ether oxygens (including phenoxy) is 1. The number of ketones is 1. The minimum absolute atomic E-state index is 0.0540. The van der Waals surface area contributed by atoms with Crippen molar-refractivity contribution >= 4 is 16.8 Å². The number of para-hydroxylation sites is 1. The maximum Gasteiger partial charge on any atom is 0.344 e. The van der Waals surface area contributed by atoms with E-state index in [1.807, 2.05) is 48.5 Å². The van der Waals surface area contributed by atoms with Crippen LogP contribution in [0.2, 0.25) is 0 Å². The van der Waals surface area contributed by atoms with E-state index in [-0.39, 0.29) is 5.78 Å². The highest BCUT2D eigenvalue weighted by molar-refractivity contribution is 6.00. The number of hydrogen-bond donors (Lipinski definition) is 0. The van der Waals surface area contributed by atoms with Crippen LogP contribution in [0.25, 0.3) is 11.0 Å². The van der Waals surface area contributed by atoms with E-state index in [0.717, 1.165) is 17.4 Å². The van der Waals surface area contributed by atoms with Crippen molar-refractivity contribution in [3.05, 3.63) is 87.5 Å². The minimum Gasteiger partial charge on any atom is -0.460 e. The third-order valence-corrected chi connectivity index (χ3v) is 5.14. The van der Waals surface area contributed by atoms with Gasteiger partial charge in [0, 0.05) is 18.4 Å². The molecule has 5 rings (SSSR count). The summed E-state index contributed by atoms with van der Waals surface area (Å²) in [6.45, 7) is 0. The summed E-state index contributed by atoms with van der Waals surface area (Å²) in [6, 6.07) is 17.0. The average molecular weight is 344 g/mol. The van der Waals surface area contributed by atoms with E-state index < -0.39 is 11.5 Å². The Balaban J connectivity index is 1.87. The molecule has 4 nitrogen and oxygen atoms in total. The molecule has 26 heavy (non-hydrogen) atoms. The van der Waals surface area contributed by atoms with Gasteiger partial charge < -0.3 is 9.15 Å². The molecular weight excluding hydrogens is 328 g/mol. The van der Waals surface area contributed by atoms with Gasteiger partial charge in [0.25, 0.3) is 0 Å². The predicted octanol–water partition coefficient (Wildman–Crippen LogP) is 4.32. The lowest BCUT2D eigenvalue weighted by atomic mass is 9.77. The summed E-state index contributed by atoms with van der Waals surface area (Å²) in [5.41, 5.74) is 1.98. The zero-order valence-corrected chi connectivity index (χ0v) is 14.0. The molecule has 1 atom stereocenters. The molecule has 1 aliphatic carbocycles. The molecule has 0 amide bonds. The van der Waals surface area contributed by atoms with E-state index in [4.69, 9.17) is 9.15 Å². The van der Waals surface area contributed by atoms with Crippen molar-refractivity contribution in [1.82, 2.24) is 0 Å². The highest BCUT2D eigenvalue weighted by Crippen LogP contribution is 2.47. The van der Waals surface area contributed by atoms with Gasteiger partial charge in [-0.1, -0.05) is 42.5 Å². The van der Waals surface area contributed by atoms with Gasteiger partial charge in [-0.05, 0) is 24.1 Å². The minimum atomic E-state index is -0.447. The first-order chi connectivity index (χ1) is 12.7. The van der Waals surface area contributed by atoms with Gasteiger partial charge in [-0.3, -0.25) is 4.79 Å². The predicted molar refractivity (Wildman–Crippen MR) is 97.3 cm³/mol. The van der Waals surface area contributed by atoms with E-state index in [2.05, 4.69) is 0 Å². The molecule has 2 aromatic carbocycles. The van der Waals surface area contributed by atoms with Crippen LogP contribution in [0.5, 0.6) is 5.75 Å². The van der Waals surface area contributed by atoms with E-state index in [0.29, 0.717) is 41.1 Å². The molecule has 2 heterocycles. The van der Waals surface area contributed by atoms with Crippen molar-refractivity contribution in [3.63, 3.8) is 0 Å². The molecule has 0 unspecified atom stereocenters. The number of hydrogen-bond acceptors (Lipinski definition) is 4. The Hall–Kier alpha value is -3.14. The Kier molecular flexibility index (Phi) is 3.32. The van der Waals surface area contributed by atoms with Gasteiger partial charge in [-0.2, -0.15) is 0 Å². The Morgan fingerprint density at radius 2 is 1.65 bits per heavy atom. The maximum atomic E-state index is 12.9. The summed E-state index contributed by atoms with van der Waals surface area (Å²) >= 11 is 0. The number of Topliss-reactive ketones (excluding diaryl/α,β-unsaturated/α-hetero) is 1. The van der Waals surface area contributed by atoms with Crippen LogP contribution in [-0.4, -0.2) is 5.78 Å². The van der Waals surface area contributed by atoms with E-state index in [1.165, 1.54) is 0 Å². The van der Waals surface area contributed by atoms with Gasteiger partial charge in [0.2, 0.25) is 0 Å². The van der Waals surface area contributed by atoms with Gasteiger partial charge in [-0.15, -0.1) is 0 Å². The molecular formula is C22H16O4. The monoisotopic (exact) mass is 344 g/mol. The number of allylic oxidation sites excluding steroid dienone is 2. The Morgan fingerprint density at radius 3 is 2.50 bits per heavy atom. The van der Waals surface area contributed by atoms with Crippen LogP contribution in [-0.2, 0) is 4.79 Å². The fourth-order valence-electron chi connectivity index (χ4n) is 4.00. The highest BCUT2D eigenvalue weighted by atomic mass is 16.5. The van der Waals surface area contributed by atoms with Crippen molar-refractivity contribution in [2.45, 2.75) is 25.2 Å². The normalized spacial score (nSPS) is 19.1. The van der Waals surface area contributed by atoms with Crippen LogP contribution < -0.4 is 10.4 Å². The van der Waals surface area contributed by atoms with Gasteiger partial charge >= 0.3 is 5.63 Å². The molecule has 1 aromatic heterocycles. The topological polar surface area (TPSA) is 56.5 Å². The largest absolute Gasteiger partial charge is 0.460 e. The van der Waals surface area contributed by atoms with Gasteiger partial charge in [-0.25, -0.2) is 4.79 Å². The number of fused-ring (bicyclic) bond motifs is 3. The molecule has 0 spiro atoms. The van der Waals surface area contributed by atoms with Crippen molar-refractivity contribution in [2.24, 2.45) is 0 Å². The molecule has 2 aliphatic rings. The van der Waals surface area contributed by atoms with Crippen LogP contribution in [0.1, 0.15) is 36.3 Å². The van der Waals surface area contributed by atoms with Crippen molar-refractivity contribution in [3.8, 4) is 5.75 Å². The molecule has 4 heteroatoms. The van der Waals surface area contributed by atoms with Crippen molar-refractivity contribution < 1.29 is 13.9 Å². The van der Waals surface area contributed by atoms with Crippen molar-refractivity contribution in [1.29, 1.82) is 0 Å². The molecule has 0 fully saturated rings. The maximum absolute atomic E-state index is 12.9. The fraction of sp³-hybridized carbons (Fsp3) is 0.182. The zero-order chi connectivity index (χ0) is 17.7. The second-order valence-corrected chi connectivity index (χ2v) is 6.69. The summed E-state index contributed by atoms with van der Waals surface area (Å²) in [4.78, 5) is 25.6. The number of carbonyl (C=O) groups is 1. The third-order valence-electron chi connectivity index (χ3n) is 5.14. The summed E-state index contributed by atoms with van der Waals surface area (Å²) < 4.78 is 11.7. The number of benzene rings is 2. The first kappa shape index (κ1) is 15.1. The summed E-state index contributed by atoms with van der Waals surface area (Å²) in [7, 11) is 0.